The molecule has 2 heterocycles. The molecule has 76 heavy (non-hydrogen) atoms. The van der Waals surface area contributed by atoms with E-state index in [9.17, 15) is 38.4 Å². The van der Waals surface area contributed by atoms with Gasteiger partial charge in [-0.25, -0.2) is 9.59 Å². The molecule has 21 nitrogen and oxygen atoms in total. The molecule has 19 unspecified atom stereocenters. The Kier molecular flexibility index (Phi) is 16.5. The van der Waals surface area contributed by atoms with Crippen molar-refractivity contribution in [1.29, 1.82) is 0 Å². The number of methoxy groups -OCH3 is 3. The molecule has 424 valence electrons. The smallest absolute Gasteiger partial charge is 0.339 e. The first-order valence-corrected chi connectivity index (χ1v) is 26.3. The number of rotatable bonds is 12. The molecule has 0 radical (unpaired) electrons. The molecule has 0 bridgehead atoms. The van der Waals surface area contributed by atoms with Gasteiger partial charge < -0.3 is 56.8 Å². The zero-order chi connectivity index (χ0) is 56.4. The van der Waals surface area contributed by atoms with Crippen LogP contribution in [0.4, 0.5) is 0 Å². The normalized spacial score (nSPS) is 42.3. The van der Waals surface area contributed by atoms with E-state index in [1.54, 1.807) is 0 Å². The van der Waals surface area contributed by atoms with Crippen molar-refractivity contribution in [3.05, 3.63) is 11.6 Å². The number of esters is 8. The van der Waals surface area contributed by atoms with Gasteiger partial charge in [-0.2, -0.15) is 0 Å². The number of ether oxygens (including phenoxy) is 12. The maximum Gasteiger partial charge on any atom is 0.339 e. The van der Waals surface area contributed by atoms with E-state index < -0.39 is 131 Å². The second-order valence-electron chi connectivity index (χ2n) is 24.1. The van der Waals surface area contributed by atoms with Gasteiger partial charge in [0.2, 0.25) is 6.29 Å². The van der Waals surface area contributed by atoms with Crippen molar-refractivity contribution in [2.24, 2.45) is 50.2 Å². The van der Waals surface area contributed by atoms with Crippen LogP contribution < -0.4 is 0 Å². The lowest BCUT2D eigenvalue weighted by molar-refractivity contribution is -0.372. The van der Waals surface area contributed by atoms with Crippen LogP contribution in [0.25, 0.3) is 0 Å². The van der Waals surface area contributed by atoms with Crippen LogP contribution in [0.5, 0.6) is 0 Å². The minimum atomic E-state index is -2.00. The summed E-state index contributed by atoms with van der Waals surface area (Å²) in [5, 5.41) is 0. The van der Waals surface area contributed by atoms with Crippen molar-refractivity contribution in [2.45, 2.75) is 208 Å². The van der Waals surface area contributed by atoms with E-state index in [0.29, 0.717) is 32.1 Å². The molecule has 4 saturated carbocycles. The van der Waals surface area contributed by atoms with E-state index in [4.69, 9.17) is 56.8 Å². The van der Waals surface area contributed by atoms with Crippen LogP contribution in [0.1, 0.15) is 141 Å². The molecule has 7 rings (SSSR count). The van der Waals surface area contributed by atoms with Gasteiger partial charge in [-0.3, -0.25) is 33.6 Å². The van der Waals surface area contributed by atoms with E-state index >= 15 is 4.79 Å². The fourth-order valence-corrected chi connectivity index (χ4v) is 15.4. The summed E-state index contributed by atoms with van der Waals surface area (Å²) in [6.45, 7) is 20.4. The standard InChI is InChI=1S/C55H78O21/c1-26(56)68-36-38(70-28(3)58)42(72-30(5)60)48(75-41(36)46(63)66-14)76-43-39(71-29(4)59)37(69-27(2)57)40(45(62)65-13)74-47(43)73-35-17-18-53(10)34(50(35,6)7)16-19-55(12)44(53)33(61)24-31-32-25-52(9,49(64)67-15)21-20-51(32,8)22-23-54(31,55)11/h24,32,34-44,47-48H,16-23,25H2,1-15H3. The number of hydrogen-bond donors (Lipinski definition) is 0. The molecule has 2 saturated heterocycles. The van der Waals surface area contributed by atoms with Crippen LogP contribution in [0.15, 0.2) is 11.6 Å². The monoisotopic (exact) mass is 1070 g/mol. The van der Waals surface area contributed by atoms with E-state index in [1.807, 2.05) is 26.8 Å². The highest BCUT2D eigenvalue weighted by molar-refractivity contribution is 5.96. The van der Waals surface area contributed by atoms with Gasteiger partial charge in [0.25, 0.3) is 0 Å². The molecule has 19 atom stereocenters. The van der Waals surface area contributed by atoms with Crippen molar-refractivity contribution >= 4 is 53.5 Å². The van der Waals surface area contributed by atoms with Gasteiger partial charge in [0.15, 0.2) is 60.9 Å². The zero-order valence-electron chi connectivity index (χ0n) is 46.6. The fraction of sp³-hybridized carbons (Fsp3) is 0.800. The predicted octanol–water partition coefficient (Wildman–Crippen LogP) is 5.36. The van der Waals surface area contributed by atoms with Gasteiger partial charge >= 0.3 is 47.8 Å². The Labute approximate surface area is 444 Å². The molecule has 0 aromatic rings. The summed E-state index contributed by atoms with van der Waals surface area (Å²) in [5.41, 5.74) is -1.75. The first kappa shape index (κ1) is 58.7. The average Bonchev–Trinajstić information content (AvgIpc) is 3.36. The van der Waals surface area contributed by atoms with E-state index in [-0.39, 0.29) is 40.3 Å². The van der Waals surface area contributed by atoms with Crippen LogP contribution in [0.2, 0.25) is 0 Å². The van der Waals surface area contributed by atoms with E-state index in [1.165, 1.54) is 7.11 Å². The number of allylic oxidation sites excluding steroid dienone is 2. The maximum atomic E-state index is 15.3. The summed E-state index contributed by atoms with van der Waals surface area (Å²) >= 11 is 0. The summed E-state index contributed by atoms with van der Waals surface area (Å²) in [4.78, 5) is 120. The molecule has 2 aliphatic heterocycles. The quantitative estimate of drug-likeness (QED) is 0.135. The summed E-state index contributed by atoms with van der Waals surface area (Å²) < 4.78 is 69.8. The summed E-state index contributed by atoms with van der Waals surface area (Å²) in [5.74, 6) is -7.58. The van der Waals surface area contributed by atoms with Gasteiger partial charge in [0.1, 0.15) is 0 Å². The number of ketones is 1. The lowest BCUT2D eigenvalue weighted by Gasteiger charge is -2.70. The van der Waals surface area contributed by atoms with Crippen LogP contribution in [-0.4, -0.2) is 142 Å². The van der Waals surface area contributed by atoms with Crippen molar-refractivity contribution in [3.63, 3.8) is 0 Å². The van der Waals surface area contributed by atoms with Gasteiger partial charge in [-0.05, 0) is 110 Å². The van der Waals surface area contributed by atoms with Crippen molar-refractivity contribution in [1.82, 2.24) is 0 Å². The summed E-state index contributed by atoms with van der Waals surface area (Å²) in [6.07, 6.45) is -10.7. The first-order valence-electron chi connectivity index (χ1n) is 26.3. The molecular weight excluding hydrogens is 997 g/mol. The highest BCUT2D eigenvalue weighted by Crippen LogP contribution is 2.75. The topological polar surface area (TPSA) is 264 Å². The molecule has 0 amide bonds. The molecule has 0 aromatic heterocycles. The summed E-state index contributed by atoms with van der Waals surface area (Å²) in [7, 11) is 3.52. The van der Waals surface area contributed by atoms with E-state index in [0.717, 1.165) is 80.1 Å². The van der Waals surface area contributed by atoms with Gasteiger partial charge in [-0.15, -0.1) is 0 Å². The van der Waals surface area contributed by atoms with Crippen LogP contribution >= 0.6 is 0 Å². The summed E-state index contributed by atoms with van der Waals surface area (Å²) in [6, 6.07) is 0. The predicted molar refractivity (Wildman–Crippen MR) is 260 cm³/mol. The highest BCUT2D eigenvalue weighted by atomic mass is 16.8. The molecule has 6 fully saturated rings. The van der Waals surface area contributed by atoms with Crippen molar-refractivity contribution in [2.75, 3.05) is 21.3 Å². The molecular formula is C55H78O21. The Balaban J connectivity index is 1.28. The Bertz CT molecular complexity index is 2380. The molecule has 0 spiro atoms. The van der Waals surface area contributed by atoms with Crippen LogP contribution in [-0.2, 0) is 100.0 Å². The zero-order valence-corrected chi connectivity index (χ0v) is 46.6. The van der Waals surface area contributed by atoms with Gasteiger partial charge in [0, 0.05) is 40.5 Å². The highest BCUT2D eigenvalue weighted by Gasteiger charge is 2.71. The van der Waals surface area contributed by atoms with Gasteiger partial charge in [0.05, 0.1) is 32.8 Å². The average molecular weight is 1080 g/mol. The fourth-order valence-electron chi connectivity index (χ4n) is 15.4. The third kappa shape index (κ3) is 10.2. The van der Waals surface area contributed by atoms with Crippen molar-refractivity contribution in [3.8, 4) is 0 Å². The third-order valence-corrected chi connectivity index (χ3v) is 19.1. The van der Waals surface area contributed by atoms with Crippen molar-refractivity contribution < 1.29 is 100.0 Å². The molecule has 5 aliphatic carbocycles. The molecule has 7 aliphatic rings. The third-order valence-electron chi connectivity index (χ3n) is 19.1. The van der Waals surface area contributed by atoms with E-state index in [2.05, 4.69) is 27.7 Å². The first-order chi connectivity index (χ1) is 35.4. The number of hydrogen-bond acceptors (Lipinski definition) is 21. The number of carbonyl (C=O) groups excluding carboxylic acids is 9. The van der Waals surface area contributed by atoms with Crippen LogP contribution in [0.3, 0.4) is 0 Å². The molecule has 0 N–H and O–H groups in total. The largest absolute Gasteiger partial charge is 0.469 e. The number of carbonyl (C=O) groups is 9. The Morgan fingerprint density at radius 1 is 0.539 bits per heavy atom. The van der Waals surface area contributed by atoms with Gasteiger partial charge in [-0.1, -0.05) is 47.1 Å². The minimum Gasteiger partial charge on any atom is -0.469 e. The van der Waals surface area contributed by atoms with Crippen LogP contribution in [0, 0.1) is 50.2 Å². The molecule has 21 heteroatoms. The maximum absolute atomic E-state index is 15.3. The Hall–Kier alpha value is -4.99. The Morgan fingerprint density at radius 2 is 1.01 bits per heavy atom. The Morgan fingerprint density at radius 3 is 1.51 bits per heavy atom. The number of fused-ring (bicyclic) bond motifs is 7. The lowest BCUT2D eigenvalue weighted by atomic mass is 9.33. The minimum absolute atomic E-state index is 0.0187. The molecule has 0 aromatic carbocycles. The second kappa shape index (κ2) is 21.3. The SMILES string of the molecule is COC(=O)C1OC(OC2C(OC3CCC4(C)C(CCC5(C)C4C(=O)C=C4C6CC(C)(C(=O)OC)CCC6(C)CCC45C)C3(C)C)OC(C(=O)OC)C(OC(C)=O)C2OC(C)=O)C(OC(C)=O)C(OC(C)=O)C1OC(C)=O. The lowest BCUT2D eigenvalue weighted by Crippen LogP contribution is -2.69. The second-order valence-corrected chi connectivity index (χ2v) is 24.1.